The minimum absolute atomic E-state index is 0.169. The molecular formula is C27H32FNO3. The molecule has 0 aliphatic heterocycles. The lowest BCUT2D eigenvalue weighted by molar-refractivity contribution is -0.172. The second-order valence-electron chi connectivity index (χ2n) is 10.9. The Bertz CT molecular complexity index is 1150. The molecule has 5 unspecified atom stereocenters. The topological polar surface area (TPSA) is 66.5 Å². The van der Waals surface area contributed by atoms with Crippen molar-refractivity contribution in [3.63, 3.8) is 0 Å². The first-order chi connectivity index (χ1) is 15.2. The van der Waals surface area contributed by atoms with E-state index in [4.69, 9.17) is 4.42 Å². The van der Waals surface area contributed by atoms with Crippen molar-refractivity contribution in [2.45, 2.75) is 82.6 Å². The van der Waals surface area contributed by atoms with Crippen LogP contribution >= 0.6 is 0 Å². The number of aryl methyl sites for hydroxylation is 1. The molecule has 170 valence electrons. The molecule has 4 aliphatic carbocycles. The molecule has 0 radical (unpaired) electrons. The van der Waals surface area contributed by atoms with E-state index >= 15 is 4.39 Å². The summed E-state index contributed by atoms with van der Waals surface area (Å²) in [6, 6.07) is 6.11. The van der Waals surface area contributed by atoms with Gasteiger partial charge in [-0.1, -0.05) is 24.6 Å². The molecule has 0 saturated heterocycles. The van der Waals surface area contributed by atoms with Crippen LogP contribution in [0.3, 0.4) is 0 Å². The van der Waals surface area contributed by atoms with E-state index in [1.165, 1.54) is 5.57 Å². The van der Waals surface area contributed by atoms with Gasteiger partial charge < -0.3 is 14.6 Å². The van der Waals surface area contributed by atoms with Crippen LogP contribution in [0.4, 0.5) is 4.39 Å². The van der Waals surface area contributed by atoms with Gasteiger partial charge in [-0.2, -0.15) is 0 Å². The van der Waals surface area contributed by atoms with E-state index in [1.54, 1.807) is 6.08 Å². The van der Waals surface area contributed by atoms with E-state index in [-0.39, 0.29) is 23.4 Å². The zero-order chi connectivity index (χ0) is 22.3. The maximum atomic E-state index is 16.7. The molecule has 6 atom stereocenters. The van der Waals surface area contributed by atoms with Crippen molar-refractivity contribution in [2.75, 3.05) is 0 Å². The van der Waals surface area contributed by atoms with Crippen LogP contribution in [0.5, 0.6) is 0 Å². The number of rotatable bonds is 1. The van der Waals surface area contributed by atoms with Crippen LogP contribution in [0, 0.1) is 24.2 Å². The summed E-state index contributed by atoms with van der Waals surface area (Å²) in [5.41, 5.74) is 1.51. The predicted octanol–water partition coefficient (Wildman–Crippen LogP) is 5.66. The molecule has 4 aliphatic rings. The van der Waals surface area contributed by atoms with Crippen LogP contribution in [-0.4, -0.2) is 32.6 Å². The van der Waals surface area contributed by atoms with Gasteiger partial charge >= 0.3 is 0 Å². The van der Waals surface area contributed by atoms with Crippen molar-refractivity contribution in [3.05, 3.63) is 47.4 Å². The van der Waals surface area contributed by atoms with E-state index in [1.807, 2.05) is 19.1 Å². The van der Waals surface area contributed by atoms with Gasteiger partial charge in [0, 0.05) is 12.8 Å². The van der Waals surface area contributed by atoms with Gasteiger partial charge in [0.05, 0.1) is 6.10 Å². The van der Waals surface area contributed by atoms with Gasteiger partial charge in [-0.15, -0.1) is 0 Å². The Morgan fingerprint density at radius 2 is 2.00 bits per heavy atom. The van der Waals surface area contributed by atoms with Gasteiger partial charge in [-0.25, -0.2) is 9.37 Å². The molecule has 0 bridgehead atoms. The van der Waals surface area contributed by atoms with Crippen LogP contribution < -0.4 is 0 Å². The number of aliphatic hydroxyl groups is 2. The van der Waals surface area contributed by atoms with Gasteiger partial charge in [-0.3, -0.25) is 0 Å². The fourth-order valence-electron chi connectivity index (χ4n) is 7.44. The molecule has 1 heterocycles. The summed E-state index contributed by atoms with van der Waals surface area (Å²) in [7, 11) is 0. The maximum absolute atomic E-state index is 16.7. The van der Waals surface area contributed by atoms with Crippen LogP contribution in [-0.2, 0) is 0 Å². The van der Waals surface area contributed by atoms with Crippen LogP contribution in [0.2, 0.25) is 0 Å². The highest BCUT2D eigenvalue weighted by atomic mass is 19.1. The first-order valence-electron chi connectivity index (χ1n) is 12.1. The van der Waals surface area contributed by atoms with Crippen molar-refractivity contribution in [1.82, 2.24) is 4.98 Å². The van der Waals surface area contributed by atoms with E-state index in [0.717, 1.165) is 41.5 Å². The Hall–Kier alpha value is -1.98. The fourth-order valence-corrected chi connectivity index (χ4v) is 7.44. The summed E-state index contributed by atoms with van der Waals surface area (Å²) in [6.07, 6.45) is 8.75. The number of hydrogen-bond donors (Lipinski definition) is 2. The number of nitrogens with zero attached hydrogens (tertiary/aromatic N) is 1. The summed E-state index contributed by atoms with van der Waals surface area (Å²) in [5, 5.41) is 22.2. The zero-order valence-electron chi connectivity index (χ0n) is 18.9. The minimum Gasteiger partial charge on any atom is -0.441 e. The minimum atomic E-state index is -1.73. The van der Waals surface area contributed by atoms with E-state index in [0.29, 0.717) is 38.0 Å². The number of fused-ring (bicyclic) bond motifs is 5. The highest BCUT2D eigenvalue weighted by Crippen LogP contribution is 2.65. The van der Waals surface area contributed by atoms with Crippen molar-refractivity contribution in [2.24, 2.45) is 17.3 Å². The molecule has 1 aromatic carbocycles. The number of benzene rings is 1. The Morgan fingerprint density at radius 1 is 1.16 bits per heavy atom. The third-order valence-electron chi connectivity index (χ3n) is 9.18. The van der Waals surface area contributed by atoms with E-state index in [9.17, 15) is 10.2 Å². The van der Waals surface area contributed by atoms with Crippen LogP contribution in [0.1, 0.15) is 69.7 Å². The average molecular weight is 438 g/mol. The summed E-state index contributed by atoms with van der Waals surface area (Å²) in [6.45, 7) is 4.05. The maximum Gasteiger partial charge on any atom is 0.192 e. The number of oxazole rings is 1. The number of alkyl halides is 1. The Morgan fingerprint density at radius 3 is 2.84 bits per heavy atom. The second-order valence-corrected chi connectivity index (χ2v) is 10.9. The van der Waals surface area contributed by atoms with Gasteiger partial charge in [0.2, 0.25) is 0 Å². The van der Waals surface area contributed by atoms with Gasteiger partial charge in [-0.05, 0) is 92.0 Å². The molecule has 2 N–H and O–H groups in total. The number of hydrogen-bond acceptors (Lipinski definition) is 4. The number of aliphatic hydroxyl groups excluding tert-OH is 1. The summed E-state index contributed by atoms with van der Waals surface area (Å²) in [5.74, 6) is 0.768. The lowest BCUT2D eigenvalue weighted by Crippen LogP contribution is -2.61. The molecular weight excluding hydrogens is 405 g/mol. The molecule has 32 heavy (non-hydrogen) atoms. The first kappa shape index (κ1) is 20.6. The molecule has 5 heteroatoms. The number of aromatic nitrogens is 1. The average Bonchev–Trinajstić information content (AvgIpc) is 3.26. The van der Waals surface area contributed by atoms with Gasteiger partial charge in [0.25, 0.3) is 0 Å². The predicted molar refractivity (Wildman–Crippen MR) is 122 cm³/mol. The summed E-state index contributed by atoms with van der Waals surface area (Å²) >= 11 is 0. The van der Waals surface area contributed by atoms with Crippen molar-refractivity contribution in [1.29, 1.82) is 0 Å². The zero-order valence-corrected chi connectivity index (χ0v) is 18.9. The lowest BCUT2D eigenvalue weighted by atomic mass is 9.53. The highest BCUT2D eigenvalue weighted by Gasteiger charge is 2.65. The second kappa shape index (κ2) is 6.77. The smallest absolute Gasteiger partial charge is 0.192 e. The number of halogens is 1. The normalized spacial score (nSPS) is 41.3. The monoisotopic (exact) mass is 437 g/mol. The van der Waals surface area contributed by atoms with E-state index in [2.05, 4.69) is 24.1 Å². The quantitative estimate of drug-likeness (QED) is 0.565. The molecule has 0 amide bonds. The first-order valence-corrected chi connectivity index (χ1v) is 12.1. The molecule has 2 saturated carbocycles. The summed E-state index contributed by atoms with van der Waals surface area (Å²) < 4.78 is 22.4. The standard InChI is InChI=1S/C27H32FNO3/c1-16-29-22-7-4-18(14-23(22)32-16)21-6-8-24-25(21,2)11-12-26(28)15-19-13-20(30)5-3-17(19)9-10-27(24,26)31/h4,6-7,14-15,17,20,24,30-31H,3,5,8-13H2,1-2H3/t17?,20?,24?,25?,26?,27-/m0/s1. The van der Waals surface area contributed by atoms with Crippen LogP contribution in [0.25, 0.3) is 16.7 Å². The van der Waals surface area contributed by atoms with Gasteiger partial charge in [0.1, 0.15) is 11.1 Å². The third-order valence-corrected chi connectivity index (χ3v) is 9.18. The fraction of sp³-hybridized carbons (Fsp3) is 0.593. The Labute approximate surface area is 188 Å². The van der Waals surface area contributed by atoms with Crippen molar-refractivity contribution < 1.29 is 19.0 Å². The largest absolute Gasteiger partial charge is 0.441 e. The SMILES string of the molecule is Cc1nc2ccc(C3=CCC4C3(C)CCC3(F)C=C5CC(O)CCC5CC[C@]43O)cc2o1. The lowest BCUT2D eigenvalue weighted by Gasteiger charge is -2.55. The van der Waals surface area contributed by atoms with E-state index < -0.39 is 11.3 Å². The molecule has 1 aromatic heterocycles. The number of allylic oxidation sites excluding steroid dienone is 2. The Balaban J connectivity index is 1.38. The van der Waals surface area contributed by atoms with Crippen molar-refractivity contribution >= 4 is 16.7 Å². The highest BCUT2D eigenvalue weighted by molar-refractivity contribution is 5.82. The molecule has 4 nitrogen and oxygen atoms in total. The third kappa shape index (κ3) is 2.76. The Kier molecular flexibility index (Phi) is 4.36. The molecule has 6 rings (SSSR count). The van der Waals surface area contributed by atoms with Crippen LogP contribution in [0.15, 0.2) is 40.3 Å². The molecule has 2 fully saturated rings. The van der Waals surface area contributed by atoms with Crippen molar-refractivity contribution in [3.8, 4) is 0 Å². The summed E-state index contributed by atoms with van der Waals surface area (Å²) in [4.78, 5) is 4.40. The van der Waals surface area contributed by atoms with Gasteiger partial charge in [0.15, 0.2) is 17.1 Å². The molecule has 0 spiro atoms. The molecule has 2 aromatic rings.